The van der Waals surface area contributed by atoms with Crippen molar-refractivity contribution in [3.05, 3.63) is 29.8 Å². The monoisotopic (exact) mass is 309 g/mol. The second-order valence-corrected chi connectivity index (χ2v) is 7.63. The summed E-state index contributed by atoms with van der Waals surface area (Å²) in [6.07, 6.45) is 3.42. The Morgan fingerprint density at radius 2 is 1.90 bits per heavy atom. The van der Waals surface area contributed by atoms with Crippen molar-refractivity contribution in [2.75, 3.05) is 18.8 Å². The third-order valence-electron chi connectivity index (χ3n) is 3.75. The van der Waals surface area contributed by atoms with Crippen LogP contribution < -0.4 is 5.73 Å². The van der Waals surface area contributed by atoms with E-state index in [1.807, 2.05) is 0 Å². The molecule has 0 atom stereocenters. The Morgan fingerprint density at radius 1 is 1.29 bits per heavy atom. The Kier molecular flexibility index (Phi) is 5.00. The highest BCUT2D eigenvalue weighted by Crippen LogP contribution is 2.27. The van der Waals surface area contributed by atoms with E-state index in [4.69, 9.17) is 11.1 Å². The SMILES string of the molecule is CCCN(CCS(=O)(=O)c1ccc(C(=N)N)cc1)C1CC1. The van der Waals surface area contributed by atoms with Crippen LogP contribution in [0.15, 0.2) is 29.2 Å². The zero-order valence-corrected chi connectivity index (χ0v) is 13.2. The molecule has 1 saturated carbocycles. The quantitative estimate of drug-likeness (QED) is 0.564. The van der Waals surface area contributed by atoms with Crippen molar-refractivity contribution >= 4 is 15.7 Å². The molecule has 1 aliphatic rings. The smallest absolute Gasteiger partial charge is 0.179 e. The Hall–Kier alpha value is -1.40. The molecule has 1 aromatic rings. The van der Waals surface area contributed by atoms with Gasteiger partial charge in [0, 0.05) is 18.2 Å². The third-order valence-corrected chi connectivity index (χ3v) is 5.46. The van der Waals surface area contributed by atoms with Gasteiger partial charge in [0.2, 0.25) is 0 Å². The van der Waals surface area contributed by atoms with Crippen LogP contribution in [0.4, 0.5) is 0 Å². The maximum absolute atomic E-state index is 12.4. The normalized spacial score (nSPS) is 15.3. The number of rotatable bonds is 8. The number of nitrogens with zero attached hydrogens (tertiary/aromatic N) is 1. The van der Waals surface area contributed by atoms with Crippen LogP contribution in [0.2, 0.25) is 0 Å². The Morgan fingerprint density at radius 3 is 2.38 bits per heavy atom. The molecule has 116 valence electrons. The van der Waals surface area contributed by atoms with E-state index in [1.54, 1.807) is 12.1 Å². The van der Waals surface area contributed by atoms with Gasteiger partial charge in [0.1, 0.15) is 5.84 Å². The van der Waals surface area contributed by atoms with Gasteiger partial charge in [0.15, 0.2) is 9.84 Å². The second kappa shape index (κ2) is 6.58. The van der Waals surface area contributed by atoms with Gasteiger partial charge in [0.25, 0.3) is 0 Å². The van der Waals surface area contributed by atoms with Crippen LogP contribution in [-0.2, 0) is 9.84 Å². The molecule has 6 heteroatoms. The van der Waals surface area contributed by atoms with Gasteiger partial charge < -0.3 is 5.73 Å². The fraction of sp³-hybridized carbons (Fsp3) is 0.533. The number of sulfone groups is 1. The summed E-state index contributed by atoms with van der Waals surface area (Å²) in [5, 5.41) is 7.32. The van der Waals surface area contributed by atoms with Gasteiger partial charge in [-0.2, -0.15) is 0 Å². The molecule has 0 spiro atoms. The van der Waals surface area contributed by atoms with Crippen molar-refractivity contribution in [3.8, 4) is 0 Å². The van der Waals surface area contributed by atoms with Gasteiger partial charge >= 0.3 is 0 Å². The standard InChI is InChI=1S/C15H23N3O2S/c1-2-9-18(13-5-6-13)10-11-21(19,20)14-7-3-12(4-8-14)15(16)17/h3-4,7-8,13H,2,5-6,9-11H2,1H3,(H3,16,17). The first-order chi connectivity index (χ1) is 9.94. The van der Waals surface area contributed by atoms with E-state index in [0.29, 0.717) is 23.0 Å². The lowest BCUT2D eigenvalue weighted by molar-refractivity contribution is 0.279. The summed E-state index contributed by atoms with van der Waals surface area (Å²) >= 11 is 0. The zero-order valence-electron chi connectivity index (χ0n) is 12.4. The summed E-state index contributed by atoms with van der Waals surface area (Å²) in [4.78, 5) is 2.58. The predicted octanol–water partition coefficient (Wildman–Crippen LogP) is 1.62. The number of amidine groups is 1. The van der Waals surface area contributed by atoms with E-state index >= 15 is 0 Å². The van der Waals surface area contributed by atoms with Crippen LogP contribution in [0.3, 0.4) is 0 Å². The van der Waals surface area contributed by atoms with E-state index in [0.717, 1.165) is 13.0 Å². The second-order valence-electron chi connectivity index (χ2n) is 5.52. The van der Waals surface area contributed by atoms with Crippen molar-refractivity contribution in [3.63, 3.8) is 0 Å². The number of nitrogens with two attached hydrogens (primary N) is 1. The molecule has 21 heavy (non-hydrogen) atoms. The first-order valence-corrected chi connectivity index (χ1v) is 9.00. The number of benzene rings is 1. The average molecular weight is 309 g/mol. The fourth-order valence-electron chi connectivity index (χ4n) is 2.40. The summed E-state index contributed by atoms with van der Waals surface area (Å²) in [5.41, 5.74) is 5.91. The van der Waals surface area contributed by atoms with Crippen LogP contribution in [0.1, 0.15) is 31.7 Å². The van der Waals surface area contributed by atoms with Crippen LogP contribution >= 0.6 is 0 Å². The largest absolute Gasteiger partial charge is 0.384 e. The highest BCUT2D eigenvalue weighted by atomic mass is 32.2. The number of nitrogens with one attached hydrogen (secondary N) is 1. The van der Waals surface area contributed by atoms with Gasteiger partial charge in [-0.15, -0.1) is 0 Å². The van der Waals surface area contributed by atoms with Gasteiger partial charge in [-0.25, -0.2) is 8.42 Å². The minimum absolute atomic E-state index is 0.0539. The lowest BCUT2D eigenvalue weighted by atomic mass is 10.2. The molecule has 2 rings (SSSR count). The van der Waals surface area contributed by atoms with Crippen LogP contribution in [0, 0.1) is 5.41 Å². The molecule has 0 bridgehead atoms. The lowest BCUT2D eigenvalue weighted by Crippen LogP contribution is -2.32. The van der Waals surface area contributed by atoms with E-state index in [-0.39, 0.29) is 11.6 Å². The van der Waals surface area contributed by atoms with Gasteiger partial charge in [-0.05, 0) is 37.9 Å². The molecule has 0 unspecified atom stereocenters. The molecule has 1 aromatic carbocycles. The van der Waals surface area contributed by atoms with Gasteiger partial charge in [-0.3, -0.25) is 10.3 Å². The molecule has 0 aliphatic heterocycles. The molecule has 0 radical (unpaired) electrons. The molecular formula is C15H23N3O2S. The third kappa shape index (κ3) is 4.28. The maximum atomic E-state index is 12.4. The number of hydrogen-bond donors (Lipinski definition) is 2. The highest BCUT2D eigenvalue weighted by molar-refractivity contribution is 7.91. The van der Waals surface area contributed by atoms with Crippen molar-refractivity contribution in [2.24, 2.45) is 5.73 Å². The van der Waals surface area contributed by atoms with Crippen molar-refractivity contribution in [1.82, 2.24) is 4.90 Å². The number of nitrogen functional groups attached to an aromatic ring is 1. The van der Waals surface area contributed by atoms with Crippen molar-refractivity contribution < 1.29 is 8.42 Å². The van der Waals surface area contributed by atoms with Crippen molar-refractivity contribution in [1.29, 1.82) is 5.41 Å². The fourth-order valence-corrected chi connectivity index (χ4v) is 3.66. The predicted molar refractivity (Wildman–Crippen MR) is 84.4 cm³/mol. The topological polar surface area (TPSA) is 87.2 Å². The molecule has 0 heterocycles. The maximum Gasteiger partial charge on any atom is 0.179 e. The van der Waals surface area contributed by atoms with E-state index in [1.165, 1.54) is 25.0 Å². The highest BCUT2D eigenvalue weighted by Gasteiger charge is 2.29. The Labute approximate surface area is 126 Å². The van der Waals surface area contributed by atoms with Gasteiger partial charge in [-0.1, -0.05) is 19.1 Å². The summed E-state index contributed by atoms with van der Waals surface area (Å²) in [6.45, 7) is 3.67. The first kappa shape index (κ1) is 16.0. The molecule has 1 fully saturated rings. The zero-order chi connectivity index (χ0) is 15.5. The Bertz CT molecular complexity index is 592. The van der Waals surface area contributed by atoms with E-state index in [2.05, 4.69) is 11.8 Å². The van der Waals surface area contributed by atoms with Crippen LogP contribution in [-0.4, -0.2) is 44.0 Å². The van der Waals surface area contributed by atoms with Crippen LogP contribution in [0.5, 0.6) is 0 Å². The van der Waals surface area contributed by atoms with E-state index < -0.39 is 9.84 Å². The molecule has 0 aromatic heterocycles. The molecule has 3 N–H and O–H groups in total. The molecule has 5 nitrogen and oxygen atoms in total. The minimum Gasteiger partial charge on any atom is -0.384 e. The van der Waals surface area contributed by atoms with Crippen molar-refractivity contribution in [2.45, 2.75) is 37.1 Å². The summed E-state index contributed by atoms with van der Waals surface area (Å²) in [6, 6.07) is 6.82. The summed E-state index contributed by atoms with van der Waals surface area (Å²) in [7, 11) is -3.27. The average Bonchev–Trinajstić information content (AvgIpc) is 3.28. The van der Waals surface area contributed by atoms with Crippen LogP contribution in [0.25, 0.3) is 0 Å². The minimum atomic E-state index is -3.27. The molecule has 0 saturated heterocycles. The number of hydrogen-bond acceptors (Lipinski definition) is 4. The molecular weight excluding hydrogens is 286 g/mol. The summed E-state index contributed by atoms with van der Waals surface area (Å²) in [5.74, 6) is 0.0879. The van der Waals surface area contributed by atoms with Gasteiger partial charge in [0.05, 0.1) is 10.6 Å². The Balaban J connectivity index is 2.01. The first-order valence-electron chi connectivity index (χ1n) is 7.35. The summed E-state index contributed by atoms with van der Waals surface area (Å²) < 4.78 is 24.7. The van der Waals surface area contributed by atoms with E-state index in [9.17, 15) is 8.42 Å². The molecule has 0 amide bonds. The lowest BCUT2D eigenvalue weighted by Gasteiger charge is -2.20. The molecule has 1 aliphatic carbocycles.